The summed E-state index contributed by atoms with van der Waals surface area (Å²) in [6, 6.07) is 8.44. The van der Waals surface area contributed by atoms with Crippen molar-refractivity contribution in [3.05, 3.63) is 64.7 Å². The molecule has 16 heteroatoms. The van der Waals surface area contributed by atoms with E-state index in [2.05, 4.69) is 10.2 Å². The minimum absolute atomic E-state index is 0.0262. The minimum Gasteiger partial charge on any atom is -0.436 e. The standard InChI is InChI=1S/C37H46F6N6O4/c1-35(44)11-18-46(19-12-35)28-7-13-47(14-8-28)32(50)31(22-24-20-26(36(38,39)40)23-27(21-24)37(41,42)43)53-34(52)48-15-9-29(10-16-48)49-17-6-25-4-2-3-5-30(25)45-33(49)51/h2-5,20-21,23,28-29,31H,6-19,22,44H2,1H3,(H,45,51). The van der Waals surface area contributed by atoms with Crippen molar-refractivity contribution in [1.82, 2.24) is 19.6 Å². The van der Waals surface area contributed by atoms with Crippen LogP contribution in [0.1, 0.15) is 67.7 Å². The van der Waals surface area contributed by atoms with Gasteiger partial charge in [0.1, 0.15) is 0 Å². The highest BCUT2D eigenvalue weighted by Crippen LogP contribution is 2.37. The van der Waals surface area contributed by atoms with Crippen LogP contribution in [0.4, 0.5) is 41.6 Å². The largest absolute Gasteiger partial charge is 0.436 e. The number of likely N-dealkylation sites (tertiary alicyclic amines) is 3. The number of amides is 4. The molecule has 6 rings (SSSR count). The molecular formula is C37H46F6N6O4. The van der Waals surface area contributed by atoms with Crippen LogP contribution in [-0.2, 0) is 34.7 Å². The SMILES string of the molecule is CC1(N)CCN(C2CCN(C(=O)C(Cc3cc(C(F)(F)F)cc(C(F)(F)F)c3)OC(=O)N3CCC(N4CCc5ccccc5NC4=O)CC3)CC2)CC1. The molecule has 2 aromatic rings. The van der Waals surface area contributed by atoms with Gasteiger partial charge in [0.25, 0.3) is 5.91 Å². The number of rotatable bonds is 6. The predicted molar refractivity (Wildman–Crippen MR) is 184 cm³/mol. The Morgan fingerprint density at radius 2 is 1.42 bits per heavy atom. The highest BCUT2D eigenvalue weighted by Gasteiger charge is 2.40. The summed E-state index contributed by atoms with van der Waals surface area (Å²) >= 11 is 0. The summed E-state index contributed by atoms with van der Waals surface area (Å²) in [4.78, 5) is 47.5. The number of ether oxygens (including phenoxy) is 1. The number of hydrogen-bond acceptors (Lipinski definition) is 6. The molecule has 290 valence electrons. The summed E-state index contributed by atoms with van der Waals surface area (Å²) in [5.74, 6) is -0.674. The molecule has 10 nitrogen and oxygen atoms in total. The molecule has 0 radical (unpaired) electrons. The second-order valence-corrected chi connectivity index (χ2v) is 15.0. The Labute approximate surface area is 304 Å². The van der Waals surface area contributed by atoms with Crippen molar-refractivity contribution in [2.45, 2.75) is 94.4 Å². The van der Waals surface area contributed by atoms with Crippen molar-refractivity contribution < 1.29 is 45.5 Å². The van der Waals surface area contributed by atoms with Crippen LogP contribution >= 0.6 is 0 Å². The van der Waals surface area contributed by atoms with Crippen LogP contribution < -0.4 is 11.1 Å². The quantitative estimate of drug-likeness (QED) is 0.344. The molecule has 0 spiro atoms. The number of nitrogens with one attached hydrogen (secondary N) is 1. The first-order chi connectivity index (χ1) is 25.0. The molecule has 1 unspecified atom stereocenters. The lowest BCUT2D eigenvalue weighted by atomic mass is 9.89. The molecule has 2 aromatic carbocycles. The van der Waals surface area contributed by atoms with Crippen LogP contribution in [0.25, 0.3) is 0 Å². The van der Waals surface area contributed by atoms with Crippen molar-refractivity contribution in [2.75, 3.05) is 51.1 Å². The Balaban J connectivity index is 1.14. The number of carbonyl (C=O) groups is 3. The molecule has 3 fully saturated rings. The maximum absolute atomic E-state index is 14.0. The number of halogens is 6. The molecule has 0 aliphatic carbocycles. The topological polar surface area (TPSA) is 111 Å². The first-order valence-corrected chi connectivity index (χ1v) is 18.2. The van der Waals surface area contributed by atoms with Gasteiger partial charge in [-0.1, -0.05) is 18.2 Å². The van der Waals surface area contributed by atoms with Gasteiger partial charge in [-0.05, 0) is 87.3 Å². The fourth-order valence-corrected chi connectivity index (χ4v) is 7.88. The number of nitrogens with zero attached hydrogens (tertiary/aromatic N) is 4. The number of anilines is 1. The number of fused-ring (bicyclic) bond motifs is 1. The second kappa shape index (κ2) is 15.4. The van der Waals surface area contributed by atoms with E-state index in [0.717, 1.165) is 37.2 Å². The molecule has 4 heterocycles. The molecule has 1 atom stereocenters. The average molecular weight is 753 g/mol. The summed E-state index contributed by atoms with van der Waals surface area (Å²) in [6.45, 7) is 5.05. The molecule has 3 N–H and O–H groups in total. The van der Waals surface area contributed by atoms with Crippen LogP contribution in [-0.4, -0.2) is 107 Å². The van der Waals surface area contributed by atoms with Gasteiger partial charge in [-0.2, -0.15) is 26.3 Å². The monoisotopic (exact) mass is 752 g/mol. The highest BCUT2D eigenvalue weighted by atomic mass is 19.4. The van der Waals surface area contributed by atoms with Crippen molar-refractivity contribution in [2.24, 2.45) is 5.73 Å². The maximum Gasteiger partial charge on any atom is 0.416 e. The second-order valence-electron chi connectivity index (χ2n) is 15.0. The summed E-state index contributed by atoms with van der Waals surface area (Å²) < 4.78 is 88.0. The predicted octanol–water partition coefficient (Wildman–Crippen LogP) is 6.13. The smallest absolute Gasteiger partial charge is 0.416 e. The van der Waals surface area contributed by atoms with Gasteiger partial charge >= 0.3 is 24.5 Å². The number of urea groups is 1. The van der Waals surface area contributed by atoms with E-state index in [1.165, 1.54) is 9.80 Å². The van der Waals surface area contributed by atoms with Crippen LogP contribution in [0.3, 0.4) is 0 Å². The summed E-state index contributed by atoms with van der Waals surface area (Å²) in [5.41, 5.74) is 4.35. The van der Waals surface area contributed by atoms with Gasteiger partial charge in [-0.15, -0.1) is 0 Å². The molecule has 0 bridgehead atoms. The first kappa shape index (κ1) is 38.7. The summed E-state index contributed by atoms with van der Waals surface area (Å²) in [7, 11) is 0. The summed E-state index contributed by atoms with van der Waals surface area (Å²) in [6.07, 6.45) is -9.05. The maximum atomic E-state index is 14.0. The average Bonchev–Trinajstić information content (AvgIpc) is 3.28. The Bertz CT molecular complexity index is 1610. The third-order valence-corrected chi connectivity index (χ3v) is 11.1. The third kappa shape index (κ3) is 9.37. The molecule has 0 aromatic heterocycles. The van der Waals surface area contributed by atoms with E-state index in [9.17, 15) is 40.7 Å². The molecule has 4 aliphatic rings. The molecular weight excluding hydrogens is 706 g/mol. The molecule has 4 aliphatic heterocycles. The third-order valence-electron chi connectivity index (χ3n) is 11.1. The first-order valence-electron chi connectivity index (χ1n) is 18.2. The Morgan fingerprint density at radius 1 is 0.849 bits per heavy atom. The Hall–Kier alpha value is -4.05. The zero-order chi connectivity index (χ0) is 38.1. The van der Waals surface area contributed by atoms with E-state index in [-0.39, 0.29) is 55.9 Å². The van der Waals surface area contributed by atoms with Crippen molar-refractivity contribution in [3.63, 3.8) is 0 Å². The lowest BCUT2D eigenvalue weighted by molar-refractivity contribution is -0.143. The van der Waals surface area contributed by atoms with Gasteiger partial charge in [0.15, 0.2) is 6.10 Å². The normalized spacial score (nSPS) is 21.4. The Morgan fingerprint density at radius 3 is 2.02 bits per heavy atom. The Kier molecular flexibility index (Phi) is 11.2. The minimum atomic E-state index is -5.08. The number of nitrogens with two attached hydrogens (primary N) is 1. The molecule has 3 saturated heterocycles. The van der Waals surface area contributed by atoms with Crippen LogP contribution in [0.15, 0.2) is 42.5 Å². The van der Waals surface area contributed by atoms with E-state index in [0.29, 0.717) is 50.8 Å². The molecule has 0 saturated carbocycles. The van der Waals surface area contributed by atoms with Crippen molar-refractivity contribution in [1.29, 1.82) is 0 Å². The lowest BCUT2D eigenvalue weighted by Crippen LogP contribution is -2.55. The number of hydrogen-bond donors (Lipinski definition) is 2. The van der Waals surface area contributed by atoms with Gasteiger partial charge < -0.3 is 35.4 Å². The molecule has 53 heavy (non-hydrogen) atoms. The van der Waals surface area contributed by atoms with Gasteiger partial charge in [-0.25, -0.2) is 9.59 Å². The number of alkyl halides is 6. The van der Waals surface area contributed by atoms with E-state index in [4.69, 9.17) is 10.5 Å². The van der Waals surface area contributed by atoms with Gasteiger partial charge in [0.05, 0.1) is 11.1 Å². The number of carbonyl (C=O) groups excluding carboxylic acids is 3. The fourth-order valence-electron chi connectivity index (χ4n) is 7.88. The lowest BCUT2D eigenvalue weighted by Gasteiger charge is -2.44. The summed E-state index contributed by atoms with van der Waals surface area (Å²) in [5, 5.41) is 2.94. The van der Waals surface area contributed by atoms with E-state index in [1.807, 2.05) is 31.2 Å². The fraction of sp³-hybridized carbons (Fsp3) is 0.595. The zero-order valence-electron chi connectivity index (χ0n) is 29.6. The van der Waals surface area contributed by atoms with Crippen molar-refractivity contribution >= 4 is 23.7 Å². The van der Waals surface area contributed by atoms with Gasteiger partial charge in [-0.3, -0.25) is 4.79 Å². The van der Waals surface area contributed by atoms with Gasteiger partial charge in [0, 0.05) is 75.5 Å². The highest BCUT2D eigenvalue weighted by molar-refractivity contribution is 5.91. The van der Waals surface area contributed by atoms with Crippen LogP contribution in [0, 0.1) is 0 Å². The van der Waals surface area contributed by atoms with E-state index < -0.39 is 53.6 Å². The number of piperidine rings is 3. The number of para-hydroxylation sites is 1. The van der Waals surface area contributed by atoms with Crippen LogP contribution in [0.2, 0.25) is 0 Å². The number of benzene rings is 2. The van der Waals surface area contributed by atoms with Gasteiger partial charge in [0.2, 0.25) is 0 Å². The zero-order valence-corrected chi connectivity index (χ0v) is 29.6. The van der Waals surface area contributed by atoms with E-state index in [1.54, 1.807) is 4.90 Å². The van der Waals surface area contributed by atoms with E-state index >= 15 is 0 Å². The van der Waals surface area contributed by atoms with Crippen LogP contribution in [0.5, 0.6) is 0 Å². The molecule has 4 amide bonds. The van der Waals surface area contributed by atoms with Crippen molar-refractivity contribution in [3.8, 4) is 0 Å².